The molecule has 2 heteroatoms. The first kappa shape index (κ1) is 8.12. The van der Waals surface area contributed by atoms with Crippen LogP contribution in [0.25, 0.3) is 0 Å². The molecular formula is C8H16BN. The van der Waals surface area contributed by atoms with Crippen molar-refractivity contribution >= 4 is 7.85 Å². The average molecular weight is 137 g/mol. The van der Waals surface area contributed by atoms with Gasteiger partial charge in [0.25, 0.3) is 0 Å². The molecule has 0 aromatic heterocycles. The second kappa shape index (κ2) is 4.02. The molecule has 0 aromatic rings. The fraction of sp³-hybridized carbons (Fsp3) is 1.00. The Bertz CT molecular complexity index is 75.3. The molecule has 0 amide bonds. The third-order valence-corrected chi connectivity index (χ3v) is 2.63. The summed E-state index contributed by atoms with van der Waals surface area (Å²) in [5, 5.41) is 0. The maximum Gasteiger partial charge on any atom is 0.0656 e. The van der Waals surface area contributed by atoms with Gasteiger partial charge >= 0.3 is 0 Å². The minimum Gasteiger partial charge on any atom is -0.330 e. The van der Waals surface area contributed by atoms with E-state index in [1.807, 2.05) is 0 Å². The Hall–Kier alpha value is 0.0249. The Morgan fingerprint density at radius 2 is 1.60 bits per heavy atom. The number of rotatable bonds is 2. The lowest BCUT2D eigenvalue weighted by Crippen LogP contribution is -2.21. The molecule has 56 valence electrons. The predicted octanol–water partition coefficient (Wildman–Crippen LogP) is 1.34. The van der Waals surface area contributed by atoms with Crippen molar-refractivity contribution in [2.24, 2.45) is 17.6 Å². The Kier molecular flexibility index (Phi) is 3.27. The first-order chi connectivity index (χ1) is 4.86. The van der Waals surface area contributed by atoms with Gasteiger partial charge in [-0.05, 0) is 31.2 Å². The standard InChI is InChI=1S/C8H16BN/c9-5-7-1-3-8(6-10)4-2-7/h7-8H,1-6,10H2. The summed E-state index contributed by atoms with van der Waals surface area (Å²) in [5.41, 5.74) is 5.56. The Morgan fingerprint density at radius 1 is 1.10 bits per heavy atom. The highest BCUT2D eigenvalue weighted by Crippen LogP contribution is 2.29. The summed E-state index contributed by atoms with van der Waals surface area (Å²) < 4.78 is 0. The molecule has 0 spiro atoms. The van der Waals surface area contributed by atoms with Crippen LogP contribution in [-0.2, 0) is 0 Å². The molecule has 1 saturated carbocycles. The zero-order chi connectivity index (χ0) is 7.40. The zero-order valence-corrected chi connectivity index (χ0v) is 6.55. The van der Waals surface area contributed by atoms with Gasteiger partial charge < -0.3 is 5.73 Å². The predicted molar refractivity (Wildman–Crippen MR) is 45.1 cm³/mol. The molecule has 0 aromatic carbocycles. The summed E-state index contributed by atoms with van der Waals surface area (Å²) >= 11 is 0. The third-order valence-electron chi connectivity index (χ3n) is 2.63. The molecule has 1 aliphatic carbocycles. The van der Waals surface area contributed by atoms with E-state index >= 15 is 0 Å². The summed E-state index contributed by atoms with van der Waals surface area (Å²) in [6.07, 6.45) is 6.09. The van der Waals surface area contributed by atoms with Crippen LogP contribution in [0.2, 0.25) is 6.32 Å². The van der Waals surface area contributed by atoms with Gasteiger partial charge in [-0.25, -0.2) is 0 Å². The van der Waals surface area contributed by atoms with Crippen LogP contribution < -0.4 is 5.73 Å². The van der Waals surface area contributed by atoms with Crippen molar-refractivity contribution in [2.45, 2.75) is 32.0 Å². The molecule has 0 bridgehead atoms. The lowest BCUT2D eigenvalue weighted by atomic mass is 9.76. The summed E-state index contributed by atoms with van der Waals surface area (Å²) in [5.74, 6) is 1.59. The van der Waals surface area contributed by atoms with Gasteiger partial charge in [-0.15, -0.1) is 0 Å². The van der Waals surface area contributed by atoms with Crippen LogP contribution in [0.3, 0.4) is 0 Å². The molecule has 10 heavy (non-hydrogen) atoms. The number of nitrogens with two attached hydrogens (primary N) is 1. The maximum atomic E-state index is 5.56. The van der Waals surface area contributed by atoms with Crippen LogP contribution in [0, 0.1) is 11.8 Å². The van der Waals surface area contributed by atoms with E-state index in [0.717, 1.165) is 24.7 Å². The molecule has 1 aliphatic rings. The van der Waals surface area contributed by atoms with E-state index in [1.54, 1.807) is 0 Å². The van der Waals surface area contributed by atoms with Crippen molar-refractivity contribution in [1.82, 2.24) is 0 Å². The molecule has 0 heterocycles. The van der Waals surface area contributed by atoms with E-state index < -0.39 is 0 Å². The third kappa shape index (κ3) is 2.01. The molecule has 0 saturated heterocycles. The van der Waals surface area contributed by atoms with Crippen molar-refractivity contribution in [3.8, 4) is 0 Å². The molecule has 1 nitrogen and oxygen atoms in total. The van der Waals surface area contributed by atoms with Gasteiger partial charge in [-0.2, -0.15) is 0 Å². The largest absolute Gasteiger partial charge is 0.330 e. The molecule has 2 radical (unpaired) electrons. The average Bonchev–Trinajstić information content (AvgIpc) is 2.05. The topological polar surface area (TPSA) is 26.0 Å². The summed E-state index contributed by atoms with van der Waals surface area (Å²) in [6.45, 7) is 0.872. The van der Waals surface area contributed by atoms with Crippen molar-refractivity contribution < 1.29 is 0 Å². The molecule has 1 fully saturated rings. The van der Waals surface area contributed by atoms with Gasteiger partial charge in [-0.3, -0.25) is 0 Å². The lowest BCUT2D eigenvalue weighted by Gasteiger charge is -2.26. The van der Waals surface area contributed by atoms with Crippen LogP contribution in [-0.4, -0.2) is 14.4 Å². The zero-order valence-electron chi connectivity index (χ0n) is 6.55. The van der Waals surface area contributed by atoms with Crippen molar-refractivity contribution in [3.63, 3.8) is 0 Å². The van der Waals surface area contributed by atoms with Crippen LogP contribution in [0.1, 0.15) is 25.7 Å². The van der Waals surface area contributed by atoms with Gasteiger partial charge in [0.1, 0.15) is 0 Å². The highest BCUT2D eigenvalue weighted by atomic mass is 14.5. The van der Waals surface area contributed by atoms with Crippen LogP contribution in [0.15, 0.2) is 0 Å². The molecule has 0 atom stereocenters. The lowest BCUT2D eigenvalue weighted by molar-refractivity contribution is 0.296. The van der Waals surface area contributed by atoms with Gasteiger partial charge in [0, 0.05) is 0 Å². The first-order valence-electron chi connectivity index (χ1n) is 4.27. The minimum absolute atomic E-state index is 0.794. The second-order valence-electron chi connectivity index (χ2n) is 3.36. The van der Waals surface area contributed by atoms with E-state index in [4.69, 9.17) is 13.6 Å². The van der Waals surface area contributed by atoms with Gasteiger partial charge in [-0.1, -0.05) is 19.2 Å². The quantitative estimate of drug-likeness (QED) is 0.571. The summed E-state index contributed by atoms with van der Waals surface area (Å²) in [6, 6.07) is 0. The number of hydrogen-bond acceptors (Lipinski definition) is 1. The van der Waals surface area contributed by atoms with Crippen LogP contribution in [0.5, 0.6) is 0 Å². The molecule has 0 unspecified atom stereocenters. The van der Waals surface area contributed by atoms with E-state index in [9.17, 15) is 0 Å². The monoisotopic (exact) mass is 137 g/mol. The van der Waals surface area contributed by atoms with Crippen molar-refractivity contribution in [2.75, 3.05) is 6.54 Å². The van der Waals surface area contributed by atoms with Crippen LogP contribution in [0.4, 0.5) is 0 Å². The van der Waals surface area contributed by atoms with Crippen molar-refractivity contribution in [1.29, 1.82) is 0 Å². The van der Waals surface area contributed by atoms with E-state index in [2.05, 4.69) is 0 Å². The normalized spacial score (nSPS) is 34.1. The summed E-state index contributed by atoms with van der Waals surface area (Å²) in [4.78, 5) is 0. The Balaban J connectivity index is 2.17. The Labute approximate surface area is 64.8 Å². The van der Waals surface area contributed by atoms with Crippen LogP contribution >= 0.6 is 0 Å². The van der Waals surface area contributed by atoms with E-state index in [-0.39, 0.29) is 0 Å². The highest BCUT2D eigenvalue weighted by Gasteiger charge is 2.17. The maximum absolute atomic E-state index is 5.56. The fourth-order valence-electron chi connectivity index (χ4n) is 1.70. The molecule has 0 aliphatic heterocycles. The molecular weight excluding hydrogens is 121 g/mol. The van der Waals surface area contributed by atoms with Crippen molar-refractivity contribution in [3.05, 3.63) is 0 Å². The van der Waals surface area contributed by atoms with E-state index in [1.165, 1.54) is 25.7 Å². The number of hydrogen-bond donors (Lipinski definition) is 1. The highest BCUT2D eigenvalue weighted by molar-refractivity contribution is 6.08. The first-order valence-corrected chi connectivity index (χ1v) is 4.27. The van der Waals surface area contributed by atoms with E-state index in [0.29, 0.717) is 0 Å². The molecule has 2 N–H and O–H groups in total. The van der Waals surface area contributed by atoms with Gasteiger partial charge in [0.2, 0.25) is 0 Å². The van der Waals surface area contributed by atoms with Gasteiger partial charge in [0.15, 0.2) is 0 Å². The second-order valence-corrected chi connectivity index (χ2v) is 3.36. The fourth-order valence-corrected chi connectivity index (χ4v) is 1.70. The Morgan fingerprint density at radius 3 is 2.00 bits per heavy atom. The molecule has 1 rings (SSSR count). The minimum atomic E-state index is 0.794. The SMILES string of the molecule is [B]CC1CCC(CN)CC1. The van der Waals surface area contributed by atoms with Gasteiger partial charge in [0.05, 0.1) is 7.85 Å². The summed E-state index contributed by atoms with van der Waals surface area (Å²) in [7, 11) is 5.56. The smallest absolute Gasteiger partial charge is 0.0656 e.